The summed E-state index contributed by atoms with van der Waals surface area (Å²) in [6, 6.07) is 7.02. The van der Waals surface area contributed by atoms with Crippen molar-refractivity contribution in [2.75, 3.05) is 5.32 Å². The number of aryl methyl sites for hydroxylation is 1. The molecule has 0 bridgehead atoms. The molecule has 7 heteroatoms. The maximum absolute atomic E-state index is 12.5. The zero-order chi connectivity index (χ0) is 13.1. The maximum atomic E-state index is 12.5. The van der Waals surface area contributed by atoms with E-state index in [0.717, 1.165) is 5.56 Å². The highest BCUT2D eigenvalue weighted by Crippen LogP contribution is 2.23. The van der Waals surface area contributed by atoms with E-state index in [4.69, 9.17) is 0 Å². The van der Waals surface area contributed by atoms with E-state index in [2.05, 4.69) is 14.9 Å². The second-order valence-corrected chi connectivity index (χ2v) is 4.36. The van der Waals surface area contributed by atoms with Crippen molar-refractivity contribution in [3.63, 3.8) is 0 Å². The summed E-state index contributed by atoms with van der Waals surface area (Å²) in [6.45, 7) is 1.91. The van der Waals surface area contributed by atoms with Crippen molar-refractivity contribution in [3.05, 3.63) is 40.4 Å². The zero-order valence-corrected chi connectivity index (χ0v) is 10.2. The number of aromatic nitrogens is 2. The second-order valence-electron chi connectivity index (χ2n) is 3.61. The van der Waals surface area contributed by atoms with Gasteiger partial charge in [0, 0.05) is 5.69 Å². The molecule has 94 valence electrons. The molecule has 18 heavy (non-hydrogen) atoms. The van der Waals surface area contributed by atoms with Gasteiger partial charge in [-0.1, -0.05) is 22.2 Å². The summed E-state index contributed by atoms with van der Waals surface area (Å²) in [6.07, 6.45) is -2.80. The monoisotopic (exact) mass is 269 g/mol. The number of hydrogen-bond acceptors (Lipinski definition) is 4. The molecule has 1 aromatic heterocycles. The fourth-order valence-corrected chi connectivity index (χ4v) is 1.89. The number of nitrogens with one attached hydrogen (secondary N) is 1. The van der Waals surface area contributed by atoms with E-state index in [0.29, 0.717) is 17.2 Å². The van der Waals surface area contributed by atoms with E-state index in [9.17, 15) is 13.6 Å². The standard InChI is InChI=1S/C11H9F2N3OS/c1-6-2-4-7(5-3-6)14-11(17)9-8(10(12)13)15-16-18-9/h2-5,10H,1H3,(H,14,17). The predicted octanol–water partition coefficient (Wildman–Crippen LogP) is 3.04. The van der Waals surface area contributed by atoms with Crippen molar-refractivity contribution < 1.29 is 13.6 Å². The van der Waals surface area contributed by atoms with Crippen molar-refractivity contribution in [2.45, 2.75) is 13.3 Å². The highest BCUT2D eigenvalue weighted by Gasteiger charge is 2.23. The molecule has 0 aliphatic heterocycles. The van der Waals surface area contributed by atoms with E-state index in [1.807, 2.05) is 19.1 Å². The first-order valence-corrected chi connectivity index (χ1v) is 5.83. The number of nitrogens with zero attached hydrogens (tertiary/aromatic N) is 2. The molecule has 4 nitrogen and oxygen atoms in total. The Balaban J connectivity index is 2.17. The summed E-state index contributed by atoms with van der Waals surface area (Å²) < 4.78 is 28.4. The number of rotatable bonds is 3. The third-order valence-corrected chi connectivity index (χ3v) is 2.98. The summed E-state index contributed by atoms with van der Waals surface area (Å²) >= 11 is 0.655. The lowest BCUT2D eigenvalue weighted by Crippen LogP contribution is -2.12. The van der Waals surface area contributed by atoms with Gasteiger partial charge in [0.2, 0.25) is 0 Å². The number of anilines is 1. The predicted molar refractivity (Wildman–Crippen MR) is 64.0 cm³/mol. The Hall–Kier alpha value is -1.89. The minimum absolute atomic E-state index is 0.162. The smallest absolute Gasteiger partial charge is 0.283 e. The molecule has 1 aromatic carbocycles. The van der Waals surface area contributed by atoms with Gasteiger partial charge < -0.3 is 5.32 Å². The molecule has 0 saturated heterocycles. The molecule has 0 radical (unpaired) electrons. The van der Waals surface area contributed by atoms with Crippen LogP contribution in [0.3, 0.4) is 0 Å². The van der Waals surface area contributed by atoms with Gasteiger partial charge in [-0.2, -0.15) is 0 Å². The van der Waals surface area contributed by atoms with Gasteiger partial charge in [0.15, 0.2) is 5.69 Å². The van der Waals surface area contributed by atoms with Crippen molar-refractivity contribution in [1.82, 2.24) is 9.59 Å². The average molecular weight is 269 g/mol. The summed E-state index contributed by atoms with van der Waals surface area (Å²) in [7, 11) is 0. The number of amides is 1. The molecular formula is C11H9F2N3OS. The lowest BCUT2D eigenvalue weighted by Gasteiger charge is -2.04. The van der Waals surface area contributed by atoms with Gasteiger partial charge in [-0.05, 0) is 30.6 Å². The normalized spacial score (nSPS) is 10.7. The third-order valence-electron chi connectivity index (χ3n) is 2.24. The van der Waals surface area contributed by atoms with Gasteiger partial charge in [0.25, 0.3) is 12.3 Å². The molecule has 2 aromatic rings. The Bertz CT molecular complexity index is 554. The molecule has 0 fully saturated rings. The van der Waals surface area contributed by atoms with Crippen LogP contribution in [0, 0.1) is 6.92 Å². The molecule has 1 amide bonds. The van der Waals surface area contributed by atoms with Crippen LogP contribution in [0.5, 0.6) is 0 Å². The van der Waals surface area contributed by atoms with Gasteiger partial charge in [-0.3, -0.25) is 4.79 Å². The largest absolute Gasteiger partial charge is 0.321 e. The van der Waals surface area contributed by atoms with Crippen LogP contribution in [0.25, 0.3) is 0 Å². The highest BCUT2D eigenvalue weighted by molar-refractivity contribution is 7.08. The maximum Gasteiger partial charge on any atom is 0.283 e. The molecule has 1 N–H and O–H groups in total. The van der Waals surface area contributed by atoms with Crippen molar-refractivity contribution in [1.29, 1.82) is 0 Å². The molecular weight excluding hydrogens is 260 g/mol. The van der Waals surface area contributed by atoms with Crippen molar-refractivity contribution in [3.8, 4) is 0 Å². The molecule has 0 spiro atoms. The Kier molecular flexibility index (Phi) is 3.61. The van der Waals surface area contributed by atoms with Gasteiger partial charge in [0.1, 0.15) is 4.88 Å². The first kappa shape index (κ1) is 12.6. The van der Waals surface area contributed by atoms with Gasteiger partial charge in [-0.15, -0.1) is 5.10 Å². The van der Waals surface area contributed by atoms with Crippen LogP contribution in [-0.2, 0) is 0 Å². The Morgan fingerprint density at radius 2 is 2.00 bits per heavy atom. The number of carbonyl (C=O) groups excluding carboxylic acids is 1. The van der Waals surface area contributed by atoms with Crippen molar-refractivity contribution >= 4 is 23.1 Å². The van der Waals surface area contributed by atoms with Crippen LogP contribution in [-0.4, -0.2) is 15.5 Å². The molecule has 2 rings (SSSR count). The quantitative estimate of drug-likeness (QED) is 0.931. The van der Waals surface area contributed by atoms with Crippen LogP contribution < -0.4 is 5.32 Å². The van der Waals surface area contributed by atoms with E-state index < -0.39 is 18.0 Å². The lowest BCUT2D eigenvalue weighted by atomic mass is 10.2. The van der Waals surface area contributed by atoms with E-state index >= 15 is 0 Å². The SMILES string of the molecule is Cc1ccc(NC(=O)c2snnc2C(F)F)cc1. The van der Waals surface area contributed by atoms with Crippen LogP contribution in [0.2, 0.25) is 0 Å². The number of alkyl halides is 2. The number of carbonyl (C=O) groups is 1. The van der Waals surface area contributed by atoms with E-state index in [-0.39, 0.29) is 4.88 Å². The fraction of sp³-hybridized carbons (Fsp3) is 0.182. The molecule has 0 aliphatic carbocycles. The number of hydrogen-bond donors (Lipinski definition) is 1. The third kappa shape index (κ3) is 2.67. The minimum Gasteiger partial charge on any atom is -0.321 e. The van der Waals surface area contributed by atoms with Crippen LogP contribution in [0.4, 0.5) is 14.5 Å². The fourth-order valence-electron chi connectivity index (χ4n) is 1.32. The van der Waals surface area contributed by atoms with Crippen LogP contribution >= 0.6 is 11.5 Å². The lowest BCUT2D eigenvalue weighted by molar-refractivity contribution is 0.101. The molecule has 0 atom stereocenters. The van der Waals surface area contributed by atoms with Gasteiger partial charge in [-0.25, -0.2) is 8.78 Å². The molecule has 0 unspecified atom stereocenters. The molecule has 1 heterocycles. The molecule has 0 saturated carbocycles. The Morgan fingerprint density at radius 3 is 2.61 bits per heavy atom. The first-order valence-electron chi connectivity index (χ1n) is 5.06. The second kappa shape index (κ2) is 5.18. The number of benzene rings is 1. The Labute approximate surface area is 106 Å². The summed E-state index contributed by atoms with van der Waals surface area (Å²) in [4.78, 5) is 11.6. The van der Waals surface area contributed by atoms with E-state index in [1.165, 1.54) is 0 Å². The average Bonchev–Trinajstić information content (AvgIpc) is 2.81. The zero-order valence-electron chi connectivity index (χ0n) is 9.35. The minimum atomic E-state index is -2.80. The first-order chi connectivity index (χ1) is 8.58. The summed E-state index contributed by atoms with van der Waals surface area (Å²) in [5.74, 6) is -0.621. The van der Waals surface area contributed by atoms with Gasteiger partial charge >= 0.3 is 0 Å². The van der Waals surface area contributed by atoms with Crippen LogP contribution in [0.15, 0.2) is 24.3 Å². The van der Waals surface area contributed by atoms with Gasteiger partial charge in [0.05, 0.1) is 0 Å². The topological polar surface area (TPSA) is 54.9 Å². The summed E-state index contributed by atoms with van der Waals surface area (Å²) in [5.41, 5.74) is 1.00. The molecule has 0 aliphatic rings. The highest BCUT2D eigenvalue weighted by atomic mass is 32.1. The Morgan fingerprint density at radius 1 is 1.33 bits per heavy atom. The van der Waals surface area contributed by atoms with Crippen molar-refractivity contribution in [2.24, 2.45) is 0 Å². The van der Waals surface area contributed by atoms with E-state index in [1.54, 1.807) is 12.1 Å². The number of halogens is 2. The van der Waals surface area contributed by atoms with Crippen LogP contribution in [0.1, 0.15) is 27.4 Å². The summed E-state index contributed by atoms with van der Waals surface area (Å²) in [5, 5.41) is 5.78.